The van der Waals surface area contributed by atoms with Crippen molar-refractivity contribution < 1.29 is 9.52 Å². The zero-order chi connectivity index (χ0) is 22.8. The summed E-state index contributed by atoms with van der Waals surface area (Å²) in [5, 5.41) is 20.7. The van der Waals surface area contributed by atoms with Crippen molar-refractivity contribution in [1.82, 2.24) is 14.8 Å². The van der Waals surface area contributed by atoms with Gasteiger partial charge >= 0.3 is 5.63 Å². The molecular formula is C25H18ClN3O3S. The number of phenols is 1. The highest BCUT2D eigenvalue weighted by Crippen LogP contribution is 2.32. The van der Waals surface area contributed by atoms with Crippen LogP contribution >= 0.6 is 23.4 Å². The van der Waals surface area contributed by atoms with Gasteiger partial charge in [-0.1, -0.05) is 65.8 Å². The largest absolute Gasteiger partial charge is 0.508 e. The van der Waals surface area contributed by atoms with E-state index in [-0.39, 0.29) is 5.75 Å². The number of hydrogen-bond donors (Lipinski definition) is 1. The Hall–Kier alpha value is -3.55. The Morgan fingerprint density at radius 1 is 0.970 bits per heavy atom. The molecule has 0 radical (unpaired) electrons. The van der Waals surface area contributed by atoms with Crippen molar-refractivity contribution in [2.75, 3.05) is 0 Å². The fourth-order valence-electron chi connectivity index (χ4n) is 3.63. The van der Waals surface area contributed by atoms with Crippen LogP contribution in [-0.4, -0.2) is 19.9 Å². The molecule has 0 saturated heterocycles. The molecule has 2 heterocycles. The van der Waals surface area contributed by atoms with Crippen LogP contribution < -0.4 is 5.63 Å². The van der Waals surface area contributed by atoms with Crippen LogP contribution in [0.25, 0.3) is 22.4 Å². The molecule has 0 aliphatic carbocycles. The van der Waals surface area contributed by atoms with Crippen molar-refractivity contribution >= 4 is 34.3 Å². The summed E-state index contributed by atoms with van der Waals surface area (Å²) in [5.41, 5.74) is 2.58. The number of fused-ring (bicyclic) bond motifs is 1. The molecule has 0 spiro atoms. The summed E-state index contributed by atoms with van der Waals surface area (Å²) in [6, 6.07) is 23.8. The molecule has 0 atom stereocenters. The lowest BCUT2D eigenvalue weighted by molar-refractivity contribution is 0.473. The molecule has 33 heavy (non-hydrogen) atoms. The minimum atomic E-state index is -0.466. The van der Waals surface area contributed by atoms with E-state index in [2.05, 4.69) is 10.2 Å². The third-order valence-electron chi connectivity index (χ3n) is 5.19. The van der Waals surface area contributed by atoms with Crippen LogP contribution in [0, 0.1) is 0 Å². The second-order valence-corrected chi connectivity index (χ2v) is 8.77. The summed E-state index contributed by atoms with van der Waals surface area (Å²) >= 11 is 7.93. The minimum Gasteiger partial charge on any atom is -0.508 e. The third-order valence-corrected chi connectivity index (χ3v) is 6.53. The summed E-state index contributed by atoms with van der Waals surface area (Å²) in [4.78, 5) is 12.1. The van der Waals surface area contributed by atoms with Crippen molar-refractivity contribution in [2.24, 2.45) is 0 Å². The van der Waals surface area contributed by atoms with Crippen molar-refractivity contribution in [1.29, 1.82) is 0 Å². The molecule has 0 fully saturated rings. The van der Waals surface area contributed by atoms with Gasteiger partial charge in [0, 0.05) is 28.8 Å². The molecule has 5 aromatic rings. The molecule has 0 saturated carbocycles. The van der Waals surface area contributed by atoms with Gasteiger partial charge in [-0.15, -0.1) is 10.2 Å². The molecule has 0 bridgehead atoms. The molecule has 5 rings (SSSR count). The number of nitrogens with zero attached hydrogens (tertiary/aromatic N) is 3. The van der Waals surface area contributed by atoms with E-state index < -0.39 is 5.63 Å². The van der Waals surface area contributed by atoms with Crippen LogP contribution in [0.1, 0.15) is 11.1 Å². The van der Waals surface area contributed by atoms with Crippen LogP contribution in [0.15, 0.2) is 93.2 Å². The Bertz CT molecular complexity index is 1500. The Kier molecular flexibility index (Phi) is 5.90. The molecule has 3 aromatic carbocycles. The van der Waals surface area contributed by atoms with Crippen molar-refractivity contribution in [3.8, 4) is 17.1 Å². The summed E-state index contributed by atoms with van der Waals surface area (Å²) in [5.74, 6) is 1.19. The van der Waals surface area contributed by atoms with Crippen molar-refractivity contribution in [2.45, 2.75) is 17.5 Å². The van der Waals surface area contributed by atoms with Crippen LogP contribution in [0.3, 0.4) is 0 Å². The molecule has 0 unspecified atom stereocenters. The SMILES string of the molecule is O=c1cc(CSc2nnc(-c3ccccc3Cl)n2Cc2ccccc2)c2ccc(O)cc2o1. The van der Waals surface area contributed by atoms with Gasteiger partial charge in [0.15, 0.2) is 11.0 Å². The van der Waals surface area contributed by atoms with E-state index in [1.807, 2.05) is 59.2 Å². The van der Waals surface area contributed by atoms with E-state index in [9.17, 15) is 9.90 Å². The summed E-state index contributed by atoms with van der Waals surface area (Å²) in [7, 11) is 0. The second-order valence-electron chi connectivity index (χ2n) is 7.42. The van der Waals surface area contributed by atoms with Gasteiger partial charge in [-0.2, -0.15) is 0 Å². The Labute approximate surface area is 198 Å². The van der Waals surface area contributed by atoms with Gasteiger partial charge in [0.05, 0.1) is 11.6 Å². The first-order valence-electron chi connectivity index (χ1n) is 10.2. The predicted molar refractivity (Wildman–Crippen MR) is 130 cm³/mol. The molecule has 8 heteroatoms. The first kappa shape index (κ1) is 21.3. The van der Waals surface area contributed by atoms with E-state index >= 15 is 0 Å². The van der Waals surface area contributed by atoms with E-state index in [4.69, 9.17) is 16.0 Å². The first-order valence-corrected chi connectivity index (χ1v) is 11.6. The number of thioether (sulfide) groups is 1. The quantitative estimate of drug-likeness (QED) is 0.249. The topological polar surface area (TPSA) is 81.2 Å². The molecule has 0 aliphatic heterocycles. The first-order chi connectivity index (χ1) is 16.1. The lowest BCUT2D eigenvalue weighted by Gasteiger charge is -2.12. The van der Waals surface area contributed by atoms with Gasteiger partial charge in [0.2, 0.25) is 0 Å². The van der Waals surface area contributed by atoms with E-state index in [0.29, 0.717) is 33.9 Å². The predicted octanol–water partition coefficient (Wildman–Crippen LogP) is 5.75. The number of benzene rings is 3. The van der Waals surface area contributed by atoms with E-state index in [1.165, 1.54) is 23.9 Å². The summed E-state index contributed by atoms with van der Waals surface area (Å²) in [6.45, 7) is 0.572. The highest BCUT2D eigenvalue weighted by atomic mass is 35.5. The number of rotatable bonds is 6. The standard InChI is InChI=1S/C25H18ClN3O3S/c26-21-9-5-4-8-20(21)24-27-28-25(29(24)14-16-6-2-1-3-7-16)33-15-17-12-23(31)32-22-13-18(30)10-11-19(17)22/h1-13,30H,14-15H2. The van der Waals surface area contributed by atoms with Crippen LogP contribution in [0.4, 0.5) is 0 Å². The zero-order valence-electron chi connectivity index (χ0n) is 17.3. The molecule has 6 nitrogen and oxygen atoms in total. The van der Waals surface area contributed by atoms with Crippen molar-refractivity contribution in [3.05, 3.63) is 105 Å². The average molecular weight is 476 g/mol. The van der Waals surface area contributed by atoms with E-state index in [1.54, 1.807) is 12.1 Å². The molecular weight excluding hydrogens is 458 g/mol. The molecule has 0 amide bonds. The maximum absolute atomic E-state index is 12.1. The van der Waals surface area contributed by atoms with Gasteiger partial charge < -0.3 is 9.52 Å². The molecule has 1 N–H and O–H groups in total. The number of hydrogen-bond acceptors (Lipinski definition) is 6. The lowest BCUT2D eigenvalue weighted by atomic mass is 10.1. The summed E-state index contributed by atoms with van der Waals surface area (Å²) < 4.78 is 7.27. The van der Waals surface area contributed by atoms with Gasteiger partial charge in [-0.05, 0) is 35.4 Å². The molecule has 0 aliphatic rings. The fraction of sp³-hybridized carbons (Fsp3) is 0.0800. The Morgan fingerprint density at radius 3 is 2.58 bits per heavy atom. The summed E-state index contributed by atoms with van der Waals surface area (Å²) in [6.07, 6.45) is 0. The third kappa shape index (κ3) is 4.51. The zero-order valence-corrected chi connectivity index (χ0v) is 18.9. The Balaban J connectivity index is 1.53. The lowest BCUT2D eigenvalue weighted by Crippen LogP contribution is -2.05. The van der Waals surface area contributed by atoms with Gasteiger partial charge in [-0.25, -0.2) is 4.79 Å². The monoisotopic (exact) mass is 475 g/mol. The highest BCUT2D eigenvalue weighted by molar-refractivity contribution is 7.98. The Morgan fingerprint density at radius 2 is 1.76 bits per heavy atom. The number of aromatic nitrogens is 3. The fourth-order valence-corrected chi connectivity index (χ4v) is 4.78. The average Bonchev–Trinajstić information content (AvgIpc) is 3.20. The van der Waals surface area contributed by atoms with Gasteiger partial charge in [0.25, 0.3) is 0 Å². The minimum absolute atomic E-state index is 0.0439. The number of aromatic hydroxyl groups is 1. The molecule has 2 aromatic heterocycles. The van der Waals surface area contributed by atoms with Crippen LogP contribution in [-0.2, 0) is 12.3 Å². The highest BCUT2D eigenvalue weighted by Gasteiger charge is 2.18. The van der Waals surface area contributed by atoms with Gasteiger partial charge in [0.1, 0.15) is 11.3 Å². The second kappa shape index (κ2) is 9.13. The van der Waals surface area contributed by atoms with E-state index in [0.717, 1.165) is 22.1 Å². The maximum Gasteiger partial charge on any atom is 0.336 e. The number of phenolic OH excluding ortho intramolecular Hbond substituents is 1. The van der Waals surface area contributed by atoms with Crippen LogP contribution in [0.5, 0.6) is 5.75 Å². The maximum atomic E-state index is 12.1. The molecule has 164 valence electrons. The normalized spacial score (nSPS) is 11.2. The van der Waals surface area contributed by atoms with Crippen LogP contribution in [0.2, 0.25) is 5.02 Å². The van der Waals surface area contributed by atoms with Gasteiger partial charge in [-0.3, -0.25) is 4.57 Å². The smallest absolute Gasteiger partial charge is 0.336 e. The van der Waals surface area contributed by atoms with Crippen molar-refractivity contribution in [3.63, 3.8) is 0 Å². The number of halogens is 1.